The fraction of sp³-hybridized carbons (Fsp3) is 0.294. The van der Waals surface area contributed by atoms with Crippen LogP contribution in [0.1, 0.15) is 41.5 Å². The number of allylic oxidation sites excluding steroid dienone is 1. The van der Waals surface area contributed by atoms with E-state index in [1.807, 2.05) is 16.7 Å². The number of imidazole rings is 1. The molecule has 1 aromatic heterocycles. The highest BCUT2D eigenvalue weighted by molar-refractivity contribution is 5.87. The number of rotatable bonds is 2. The molecule has 1 aromatic carbocycles. The van der Waals surface area contributed by atoms with Gasteiger partial charge in [0.15, 0.2) is 0 Å². The highest BCUT2D eigenvalue weighted by atomic mass is 16.5. The van der Waals surface area contributed by atoms with Crippen LogP contribution in [0.5, 0.6) is 0 Å². The first-order chi connectivity index (χ1) is 10.0. The van der Waals surface area contributed by atoms with Gasteiger partial charge in [-0.15, -0.1) is 0 Å². The van der Waals surface area contributed by atoms with E-state index in [1.165, 1.54) is 18.2 Å². The molecule has 4 nitrogen and oxygen atoms in total. The molecule has 21 heavy (non-hydrogen) atoms. The van der Waals surface area contributed by atoms with Gasteiger partial charge < -0.3 is 9.30 Å². The summed E-state index contributed by atoms with van der Waals surface area (Å²) in [5.74, 6) is -0.365. The molecule has 0 aliphatic heterocycles. The van der Waals surface area contributed by atoms with Crippen LogP contribution in [0.15, 0.2) is 42.9 Å². The van der Waals surface area contributed by atoms with Crippen molar-refractivity contribution in [2.24, 2.45) is 5.41 Å². The van der Waals surface area contributed by atoms with E-state index < -0.39 is 0 Å². The number of aromatic nitrogens is 2. The lowest BCUT2D eigenvalue weighted by atomic mass is 9.74. The Balaban J connectivity index is 2.18. The van der Waals surface area contributed by atoms with E-state index in [0.29, 0.717) is 5.69 Å². The van der Waals surface area contributed by atoms with Crippen LogP contribution in [0.4, 0.5) is 0 Å². The second-order valence-electron chi connectivity index (χ2n) is 5.86. The Morgan fingerprint density at radius 2 is 2.10 bits per heavy atom. The number of fused-ring (bicyclic) bond motifs is 1. The zero-order chi connectivity index (χ0) is 15.0. The van der Waals surface area contributed by atoms with E-state index in [2.05, 4.69) is 43.1 Å². The zero-order valence-corrected chi connectivity index (χ0v) is 12.4. The van der Waals surface area contributed by atoms with Crippen LogP contribution >= 0.6 is 0 Å². The Labute approximate surface area is 124 Å². The van der Waals surface area contributed by atoms with Gasteiger partial charge in [0.1, 0.15) is 5.69 Å². The molecule has 1 aliphatic rings. The van der Waals surface area contributed by atoms with Crippen molar-refractivity contribution in [3.05, 3.63) is 59.7 Å². The van der Waals surface area contributed by atoms with E-state index in [0.717, 1.165) is 0 Å². The fourth-order valence-electron chi connectivity index (χ4n) is 2.99. The Kier molecular flexibility index (Phi) is 3.16. The highest BCUT2D eigenvalue weighted by Gasteiger charge is 2.35. The summed E-state index contributed by atoms with van der Waals surface area (Å²) in [6.07, 6.45) is 7.58. The minimum absolute atomic E-state index is 0.00954. The van der Waals surface area contributed by atoms with Gasteiger partial charge in [0.25, 0.3) is 0 Å². The third-order valence-electron chi connectivity index (χ3n) is 4.03. The molecule has 2 aromatic rings. The largest absolute Gasteiger partial charge is 0.464 e. The molecule has 0 spiro atoms. The third-order valence-corrected chi connectivity index (χ3v) is 4.03. The predicted octanol–water partition coefficient (Wildman–Crippen LogP) is 3.31. The summed E-state index contributed by atoms with van der Waals surface area (Å²) < 4.78 is 6.78. The van der Waals surface area contributed by atoms with Crippen LogP contribution in [0.25, 0.3) is 6.08 Å². The first-order valence-electron chi connectivity index (χ1n) is 6.93. The summed E-state index contributed by atoms with van der Waals surface area (Å²) in [7, 11) is 1.39. The van der Waals surface area contributed by atoms with E-state index in [1.54, 1.807) is 12.5 Å². The van der Waals surface area contributed by atoms with E-state index >= 15 is 0 Å². The van der Waals surface area contributed by atoms with Gasteiger partial charge in [-0.05, 0) is 11.1 Å². The topological polar surface area (TPSA) is 44.1 Å². The Morgan fingerprint density at radius 3 is 2.86 bits per heavy atom. The molecular weight excluding hydrogens is 264 g/mol. The highest BCUT2D eigenvalue weighted by Crippen LogP contribution is 2.44. The maximum absolute atomic E-state index is 12.0. The third kappa shape index (κ3) is 2.17. The molecule has 108 valence electrons. The maximum atomic E-state index is 12.0. The minimum Gasteiger partial charge on any atom is -0.464 e. The van der Waals surface area contributed by atoms with Gasteiger partial charge in [-0.2, -0.15) is 0 Å². The normalized spacial score (nSPS) is 19.1. The van der Waals surface area contributed by atoms with Crippen molar-refractivity contribution in [1.29, 1.82) is 0 Å². The molecule has 0 amide bonds. The van der Waals surface area contributed by atoms with E-state index in [9.17, 15) is 4.79 Å². The fourth-order valence-corrected chi connectivity index (χ4v) is 2.99. The van der Waals surface area contributed by atoms with Gasteiger partial charge in [-0.1, -0.05) is 50.3 Å². The average molecular weight is 282 g/mol. The minimum atomic E-state index is -0.365. The van der Waals surface area contributed by atoms with Crippen LogP contribution < -0.4 is 0 Å². The Hall–Kier alpha value is -2.36. The van der Waals surface area contributed by atoms with Crippen molar-refractivity contribution in [3.63, 3.8) is 0 Å². The van der Waals surface area contributed by atoms with Crippen molar-refractivity contribution in [2.75, 3.05) is 7.11 Å². The first kappa shape index (κ1) is 13.6. The maximum Gasteiger partial charge on any atom is 0.356 e. The van der Waals surface area contributed by atoms with Gasteiger partial charge >= 0.3 is 5.97 Å². The lowest BCUT2D eigenvalue weighted by Gasteiger charge is -2.37. The molecule has 0 radical (unpaired) electrons. The van der Waals surface area contributed by atoms with Crippen molar-refractivity contribution in [3.8, 4) is 0 Å². The van der Waals surface area contributed by atoms with E-state index in [4.69, 9.17) is 4.74 Å². The molecule has 1 heterocycles. The molecule has 1 atom stereocenters. The smallest absolute Gasteiger partial charge is 0.356 e. The standard InChI is InChI=1S/C17H18N2O2/c1-17(2)9-8-12-6-4-5-7-13(12)15(17)19-11-18-10-14(19)16(20)21-3/h4-11,15H,1-3H3/t15-/m1/s1. The molecule has 0 saturated heterocycles. The van der Waals surface area contributed by atoms with Crippen molar-refractivity contribution in [1.82, 2.24) is 9.55 Å². The first-order valence-corrected chi connectivity index (χ1v) is 6.93. The van der Waals surface area contributed by atoms with Gasteiger partial charge in [-0.25, -0.2) is 9.78 Å². The van der Waals surface area contributed by atoms with Crippen molar-refractivity contribution < 1.29 is 9.53 Å². The molecular formula is C17H18N2O2. The monoisotopic (exact) mass is 282 g/mol. The van der Waals surface area contributed by atoms with Crippen molar-refractivity contribution >= 4 is 12.0 Å². The molecule has 0 N–H and O–H groups in total. The lowest BCUT2D eigenvalue weighted by Crippen LogP contribution is -2.31. The average Bonchev–Trinajstić information content (AvgIpc) is 2.94. The number of carbonyl (C=O) groups is 1. The van der Waals surface area contributed by atoms with Gasteiger partial charge in [0.2, 0.25) is 0 Å². The zero-order valence-electron chi connectivity index (χ0n) is 12.4. The number of hydrogen-bond donors (Lipinski definition) is 0. The molecule has 0 bridgehead atoms. The number of methoxy groups -OCH3 is 1. The van der Waals surface area contributed by atoms with Gasteiger partial charge in [0, 0.05) is 5.41 Å². The number of esters is 1. The molecule has 0 unspecified atom stereocenters. The van der Waals surface area contributed by atoms with Crippen LogP contribution in [0.3, 0.4) is 0 Å². The number of hydrogen-bond acceptors (Lipinski definition) is 3. The Morgan fingerprint density at radius 1 is 1.33 bits per heavy atom. The number of carbonyl (C=O) groups excluding carboxylic acids is 1. The predicted molar refractivity (Wildman–Crippen MR) is 81.0 cm³/mol. The van der Waals surface area contributed by atoms with Crippen molar-refractivity contribution in [2.45, 2.75) is 19.9 Å². The van der Waals surface area contributed by atoms with Crippen LogP contribution in [-0.2, 0) is 4.74 Å². The Bertz CT molecular complexity index is 713. The number of nitrogens with zero attached hydrogens (tertiary/aromatic N) is 2. The van der Waals surface area contributed by atoms with Gasteiger partial charge in [0.05, 0.1) is 25.7 Å². The summed E-state index contributed by atoms with van der Waals surface area (Å²) >= 11 is 0. The lowest BCUT2D eigenvalue weighted by molar-refractivity contribution is 0.0584. The summed E-state index contributed by atoms with van der Waals surface area (Å²) in [6.45, 7) is 4.32. The molecule has 0 fully saturated rings. The summed E-state index contributed by atoms with van der Waals surface area (Å²) in [5, 5.41) is 0. The summed E-state index contributed by atoms with van der Waals surface area (Å²) in [6, 6.07) is 8.24. The number of ether oxygens (including phenoxy) is 1. The molecule has 4 heteroatoms. The molecule has 3 rings (SSSR count). The summed E-state index contributed by atoms with van der Waals surface area (Å²) in [4.78, 5) is 16.1. The van der Waals surface area contributed by atoms with Crippen LogP contribution in [0.2, 0.25) is 0 Å². The van der Waals surface area contributed by atoms with Gasteiger partial charge in [-0.3, -0.25) is 0 Å². The second kappa shape index (κ2) is 4.88. The van der Waals surface area contributed by atoms with Crippen LogP contribution in [0, 0.1) is 5.41 Å². The summed E-state index contributed by atoms with van der Waals surface area (Å²) in [5.41, 5.74) is 2.71. The van der Waals surface area contributed by atoms with Crippen LogP contribution in [-0.4, -0.2) is 22.6 Å². The number of benzene rings is 1. The van der Waals surface area contributed by atoms with E-state index in [-0.39, 0.29) is 17.4 Å². The SMILES string of the molecule is COC(=O)c1cncn1[C@@H]1c2ccccc2C=CC1(C)C. The quantitative estimate of drug-likeness (QED) is 0.794. The molecule has 1 aliphatic carbocycles. The second-order valence-corrected chi connectivity index (χ2v) is 5.86. The molecule has 0 saturated carbocycles.